The second-order valence-corrected chi connectivity index (χ2v) is 5.51. The topological polar surface area (TPSA) is 45.7 Å². The van der Waals surface area contributed by atoms with Crippen molar-refractivity contribution in [1.82, 2.24) is 10.6 Å². The van der Waals surface area contributed by atoms with E-state index in [4.69, 9.17) is 27.9 Å². The van der Waals surface area contributed by atoms with Crippen LogP contribution < -0.4 is 15.4 Å². The molecule has 1 fully saturated rings. The molecule has 0 radical (unpaired) electrons. The maximum atomic E-state index is 6.04. The molecule has 1 aromatic rings. The predicted molar refractivity (Wildman–Crippen MR) is 99.5 cm³/mol. The smallest absolute Gasteiger partial charge is 0.191 e. The van der Waals surface area contributed by atoms with Crippen LogP contribution in [0.5, 0.6) is 5.75 Å². The van der Waals surface area contributed by atoms with Crippen molar-refractivity contribution < 1.29 is 4.74 Å². The van der Waals surface area contributed by atoms with E-state index in [9.17, 15) is 0 Å². The summed E-state index contributed by atoms with van der Waals surface area (Å²) in [5.74, 6) is 2.22. The number of guanidine groups is 1. The molecule has 0 aliphatic heterocycles. The second-order valence-electron chi connectivity index (χ2n) is 4.72. The third kappa shape index (κ3) is 6.48. The predicted octanol–water partition coefficient (Wildman–Crippen LogP) is 3.57. The number of nitrogens with one attached hydrogen (secondary N) is 2. The Balaban J connectivity index is 0.00000220. The van der Waals surface area contributed by atoms with Gasteiger partial charge >= 0.3 is 0 Å². The van der Waals surface area contributed by atoms with Crippen molar-refractivity contribution in [2.24, 2.45) is 10.9 Å². The van der Waals surface area contributed by atoms with Crippen LogP contribution in [0.3, 0.4) is 0 Å². The fraction of sp³-hybridized carbons (Fsp3) is 0.500. The van der Waals surface area contributed by atoms with Gasteiger partial charge in [-0.05, 0) is 30.9 Å². The van der Waals surface area contributed by atoms with Crippen LogP contribution in [0.2, 0.25) is 10.0 Å². The van der Waals surface area contributed by atoms with Crippen molar-refractivity contribution in [2.75, 3.05) is 26.7 Å². The highest BCUT2D eigenvalue weighted by atomic mass is 127. The van der Waals surface area contributed by atoms with Crippen LogP contribution in [0.25, 0.3) is 0 Å². The Labute approximate surface area is 152 Å². The first kappa shape index (κ1) is 18.6. The maximum absolute atomic E-state index is 6.04. The molecule has 4 nitrogen and oxygen atoms in total. The molecule has 1 aliphatic rings. The van der Waals surface area contributed by atoms with Gasteiger partial charge in [0.2, 0.25) is 0 Å². The Hall–Kier alpha value is -0.400. The van der Waals surface area contributed by atoms with Crippen molar-refractivity contribution in [2.45, 2.75) is 12.8 Å². The van der Waals surface area contributed by atoms with E-state index >= 15 is 0 Å². The number of benzene rings is 1. The van der Waals surface area contributed by atoms with E-state index in [1.165, 1.54) is 12.8 Å². The molecular weight excluding hydrogens is 424 g/mol. The van der Waals surface area contributed by atoms with Gasteiger partial charge in [-0.15, -0.1) is 24.0 Å². The molecule has 0 unspecified atom stereocenters. The van der Waals surface area contributed by atoms with Gasteiger partial charge in [0.25, 0.3) is 0 Å². The Morgan fingerprint density at radius 2 is 2.10 bits per heavy atom. The molecule has 1 aromatic carbocycles. The Kier molecular flexibility index (Phi) is 8.51. The van der Waals surface area contributed by atoms with Gasteiger partial charge in [0.15, 0.2) is 5.96 Å². The molecule has 2 N–H and O–H groups in total. The summed E-state index contributed by atoms with van der Waals surface area (Å²) < 4.78 is 5.59. The van der Waals surface area contributed by atoms with Crippen LogP contribution in [-0.2, 0) is 0 Å². The third-order valence-corrected chi connectivity index (χ3v) is 3.85. The molecule has 0 spiro atoms. The number of nitrogens with zero attached hydrogens (tertiary/aromatic N) is 1. The molecule has 21 heavy (non-hydrogen) atoms. The lowest BCUT2D eigenvalue weighted by Crippen LogP contribution is -2.40. The lowest BCUT2D eigenvalue weighted by molar-refractivity contribution is 0.322. The van der Waals surface area contributed by atoms with Gasteiger partial charge in [0.05, 0.1) is 11.6 Å². The molecule has 0 atom stereocenters. The van der Waals surface area contributed by atoms with Gasteiger partial charge in [-0.1, -0.05) is 29.3 Å². The van der Waals surface area contributed by atoms with E-state index in [0.29, 0.717) is 28.9 Å². The fourth-order valence-corrected chi connectivity index (χ4v) is 2.06. The summed E-state index contributed by atoms with van der Waals surface area (Å²) in [7, 11) is 1.76. The number of hydrogen-bond acceptors (Lipinski definition) is 2. The summed E-state index contributed by atoms with van der Waals surface area (Å²) >= 11 is 12.0. The summed E-state index contributed by atoms with van der Waals surface area (Å²) in [4.78, 5) is 4.16. The van der Waals surface area contributed by atoms with E-state index in [0.717, 1.165) is 18.4 Å². The average molecular weight is 444 g/mol. The summed E-state index contributed by atoms with van der Waals surface area (Å²) in [5.41, 5.74) is 0. The number of halogens is 3. The molecular formula is C14H20Cl2IN3O. The highest BCUT2D eigenvalue weighted by molar-refractivity contribution is 14.0. The number of aliphatic imine (C=N–C) groups is 1. The molecule has 7 heteroatoms. The van der Waals surface area contributed by atoms with E-state index in [1.54, 1.807) is 19.2 Å². The van der Waals surface area contributed by atoms with Gasteiger partial charge in [-0.25, -0.2) is 0 Å². The highest BCUT2D eigenvalue weighted by Crippen LogP contribution is 2.31. The molecule has 118 valence electrons. The highest BCUT2D eigenvalue weighted by Gasteiger charge is 2.20. The summed E-state index contributed by atoms with van der Waals surface area (Å²) in [5, 5.41) is 7.43. The van der Waals surface area contributed by atoms with Crippen molar-refractivity contribution in [3.05, 3.63) is 28.2 Å². The summed E-state index contributed by atoms with van der Waals surface area (Å²) in [6.45, 7) is 2.12. The van der Waals surface area contributed by atoms with Crippen LogP contribution in [0, 0.1) is 5.92 Å². The zero-order valence-corrected chi connectivity index (χ0v) is 15.7. The van der Waals surface area contributed by atoms with E-state index in [-0.39, 0.29) is 24.0 Å². The van der Waals surface area contributed by atoms with E-state index in [2.05, 4.69) is 15.6 Å². The van der Waals surface area contributed by atoms with Crippen molar-refractivity contribution in [3.8, 4) is 5.75 Å². The van der Waals surface area contributed by atoms with Gasteiger partial charge in [-0.3, -0.25) is 4.99 Å². The van der Waals surface area contributed by atoms with Gasteiger partial charge in [0, 0.05) is 13.6 Å². The largest absolute Gasteiger partial charge is 0.490 e. The number of rotatable bonds is 6. The van der Waals surface area contributed by atoms with Crippen LogP contribution in [0.1, 0.15) is 12.8 Å². The fourth-order valence-electron chi connectivity index (χ4n) is 1.71. The zero-order valence-electron chi connectivity index (χ0n) is 11.9. The SMILES string of the molecule is CN=C(NCCOc1cccc(Cl)c1Cl)NCC1CC1.I. The number of ether oxygens (including phenoxy) is 1. The second kappa shape index (κ2) is 9.58. The average Bonchev–Trinajstić information content (AvgIpc) is 3.26. The van der Waals surface area contributed by atoms with Crippen LogP contribution >= 0.6 is 47.2 Å². The normalized spacial score (nSPS) is 14.3. The van der Waals surface area contributed by atoms with E-state index < -0.39 is 0 Å². The Morgan fingerprint density at radius 3 is 2.76 bits per heavy atom. The summed E-state index contributed by atoms with van der Waals surface area (Å²) in [6, 6.07) is 5.35. The van der Waals surface area contributed by atoms with Crippen LogP contribution in [0.4, 0.5) is 0 Å². The first-order chi connectivity index (χ1) is 9.70. The maximum Gasteiger partial charge on any atom is 0.191 e. The van der Waals surface area contributed by atoms with Crippen molar-refractivity contribution in [3.63, 3.8) is 0 Å². The first-order valence-electron chi connectivity index (χ1n) is 6.72. The van der Waals surface area contributed by atoms with Gasteiger partial charge in [-0.2, -0.15) is 0 Å². The minimum absolute atomic E-state index is 0. The third-order valence-electron chi connectivity index (χ3n) is 3.05. The summed E-state index contributed by atoms with van der Waals surface area (Å²) in [6.07, 6.45) is 2.64. The first-order valence-corrected chi connectivity index (χ1v) is 7.47. The van der Waals surface area contributed by atoms with Crippen molar-refractivity contribution in [1.29, 1.82) is 0 Å². The molecule has 1 saturated carbocycles. The molecule has 0 aromatic heterocycles. The Bertz CT molecular complexity index is 481. The monoisotopic (exact) mass is 443 g/mol. The lowest BCUT2D eigenvalue weighted by atomic mass is 10.3. The molecule has 1 aliphatic carbocycles. The Morgan fingerprint density at radius 1 is 1.33 bits per heavy atom. The molecule has 2 rings (SSSR count). The number of hydrogen-bond donors (Lipinski definition) is 2. The lowest BCUT2D eigenvalue weighted by Gasteiger charge is -2.13. The molecule has 0 bridgehead atoms. The molecule has 0 amide bonds. The van der Waals surface area contributed by atoms with Crippen molar-refractivity contribution >= 4 is 53.1 Å². The van der Waals surface area contributed by atoms with Crippen LogP contribution in [-0.4, -0.2) is 32.7 Å². The quantitative estimate of drug-likeness (QED) is 0.306. The van der Waals surface area contributed by atoms with Gasteiger partial charge < -0.3 is 15.4 Å². The zero-order chi connectivity index (χ0) is 14.4. The standard InChI is InChI=1S/C14H19Cl2N3O.HI/c1-17-14(19-9-10-5-6-10)18-7-8-20-12-4-2-3-11(15)13(12)16;/h2-4,10H,5-9H2,1H3,(H2,17,18,19);1H. The molecule has 0 saturated heterocycles. The van der Waals surface area contributed by atoms with E-state index in [1.807, 2.05) is 6.07 Å². The minimum atomic E-state index is 0. The van der Waals surface area contributed by atoms with Gasteiger partial charge in [0.1, 0.15) is 17.4 Å². The minimum Gasteiger partial charge on any atom is -0.490 e. The molecule has 0 heterocycles. The van der Waals surface area contributed by atoms with Crippen LogP contribution in [0.15, 0.2) is 23.2 Å².